The van der Waals surface area contributed by atoms with Crippen LogP contribution in [0.1, 0.15) is 34.7 Å². The lowest BCUT2D eigenvalue weighted by atomic mass is 10.1. The van der Waals surface area contributed by atoms with Crippen molar-refractivity contribution in [2.75, 3.05) is 5.32 Å². The van der Waals surface area contributed by atoms with Crippen LogP contribution in [-0.4, -0.2) is 15.7 Å². The summed E-state index contributed by atoms with van der Waals surface area (Å²) in [6, 6.07) is 18.9. The highest BCUT2D eigenvalue weighted by Crippen LogP contribution is 2.23. The third-order valence-electron chi connectivity index (χ3n) is 3.86. The predicted molar refractivity (Wildman–Crippen MR) is 96.6 cm³/mol. The van der Waals surface area contributed by atoms with E-state index in [1.54, 1.807) is 22.9 Å². The summed E-state index contributed by atoms with van der Waals surface area (Å²) < 4.78 is 1.75. The van der Waals surface area contributed by atoms with E-state index in [1.807, 2.05) is 56.3 Å². The van der Waals surface area contributed by atoms with Gasteiger partial charge in [0, 0.05) is 0 Å². The summed E-state index contributed by atoms with van der Waals surface area (Å²) in [5, 5.41) is 7.85. The number of hydrogen-bond acceptors (Lipinski definition) is 2. The van der Waals surface area contributed by atoms with Crippen molar-refractivity contribution in [3.05, 3.63) is 82.6 Å². The fourth-order valence-electron chi connectivity index (χ4n) is 2.60. The summed E-state index contributed by atoms with van der Waals surface area (Å²) in [4.78, 5) is 12.7. The van der Waals surface area contributed by atoms with Crippen LogP contribution in [0, 0.1) is 6.92 Å². The Bertz CT molecular complexity index is 858. The van der Waals surface area contributed by atoms with Gasteiger partial charge in [-0.05, 0) is 37.6 Å². The van der Waals surface area contributed by atoms with Gasteiger partial charge in [0.2, 0.25) is 0 Å². The van der Waals surface area contributed by atoms with Crippen molar-refractivity contribution < 1.29 is 4.79 Å². The average Bonchev–Trinajstić information content (AvgIpc) is 2.99. The number of amides is 1. The highest BCUT2D eigenvalue weighted by molar-refractivity contribution is 6.33. The van der Waals surface area contributed by atoms with Crippen molar-refractivity contribution in [2.45, 2.75) is 19.9 Å². The second-order valence-electron chi connectivity index (χ2n) is 5.64. The van der Waals surface area contributed by atoms with Gasteiger partial charge in [-0.15, -0.1) is 0 Å². The zero-order valence-electron chi connectivity index (χ0n) is 13.5. The van der Waals surface area contributed by atoms with Crippen LogP contribution < -0.4 is 5.32 Å². The molecule has 0 fully saturated rings. The van der Waals surface area contributed by atoms with Crippen LogP contribution in [-0.2, 0) is 0 Å². The molecule has 0 aliphatic heterocycles. The second kappa shape index (κ2) is 6.89. The van der Waals surface area contributed by atoms with Crippen molar-refractivity contribution in [3.63, 3.8) is 0 Å². The first kappa shape index (κ1) is 16.3. The molecule has 0 saturated carbocycles. The van der Waals surface area contributed by atoms with Gasteiger partial charge < -0.3 is 5.32 Å². The van der Waals surface area contributed by atoms with E-state index in [1.165, 1.54) is 0 Å². The van der Waals surface area contributed by atoms with Gasteiger partial charge in [-0.2, -0.15) is 5.10 Å². The largest absolute Gasteiger partial charge is 0.319 e. The molecule has 1 unspecified atom stereocenters. The number of halogens is 1. The van der Waals surface area contributed by atoms with Crippen LogP contribution in [0.25, 0.3) is 0 Å². The van der Waals surface area contributed by atoms with Crippen molar-refractivity contribution >= 4 is 23.2 Å². The molecule has 1 aromatic heterocycles. The van der Waals surface area contributed by atoms with E-state index in [9.17, 15) is 4.79 Å². The molecule has 24 heavy (non-hydrogen) atoms. The Morgan fingerprint density at radius 3 is 2.50 bits per heavy atom. The lowest BCUT2D eigenvalue weighted by molar-refractivity contribution is 0.101. The molecule has 1 N–H and O–H groups in total. The third-order valence-corrected chi connectivity index (χ3v) is 4.19. The van der Waals surface area contributed by atoms with E-state index in [2.05, 4.69) is 10.4 Å². The van der Waals surface area contributed by atoms with E-state index >= 15 is 0 Å². The summed E-state index contributed by atoms with van der Waals surface area (Å²) in [7, 11) is 0. The van der Waals surface area contributed by atoms with Gasteiger partial charge in [0.05, 0.1) is 22.4 Å². The van der Waals surface area contributed by atoms with Gasteiger partial charge in [0.15, 0.2) is 0 Å². The van der Waals surface area contributed by atoms with Gasteiger partial charge >= 0.3 is 0 Å². The summed E-state index contributed by atoms with van der Waals surface area (Å²) >= 11 is 6.12. The number of nitrogens with one attached hydrogen (secondary N) is 1. The van der Waals surface area contributed by atoms with Crippen LogP contribution in [0.4, 0.5) is 5.69 Å². The molecule has 5 heteroatoms. The number of aryl methyl sites for hydroxylation is 1. The first-order chi connectivity index (χ1) is 11.6. The molecule has 1 amide bonds. The Hall–Kier alpha value is -2.59. The fourth-order valence-corrected chi connectivity index (χ4v) is 2.79. The zero-order chi connectivity index (χ0) is 17.1. The third kappa shape index (κ3) is 3.34. The number of rotatable bonds is 4. The van der Waals surface area contributed by atoms with E-state index < -0.39 is 0 Å². The molecule has 1 atom stereocenters. The Morgan fingerprint density at radius 1 is 1.12 bits per heavy atom. The monoisotopic (exact) mass is 339 g/mol. The predicted octanol–water partition coefficient (Wildman–Crippen LogP) is 4.71. The Balaban J connectivity index is 1.92. The Kier molecular flexibility index (Phi) is 4.67. The van der Waals surface area contributed by atoms with Crippen LogP contribution in [0.5, 0.6) is 0 Å². The standard InChI is InChI=1S/C19H18ClN3O/c1-13-12-18(19(24)21-17-11-7-6-10-16(17)20)23(22-13)14(2)15-8-4-3-5-9-15/h3-12,14H,1-2H3,(H,21,24). The molecule has 122 valence electrons. The Labute approximate surface area is 146 Å². The lowest BCUT2D eigenvalue weighted by Gasteiger charge is -2.16. The number of anilines is 1. The number of nitrogens with zero attached hydrogens (tertiary/aromatic N) is 2. The minimum absolute atomic E-state index is 0.0492. The van der Waals surface area contributed by atoms with Crippen molar-refractivity contribution in [2.24, 2.45) is 0 Å². The number of carbonyl (C=O) groups excluding carboxylic acids is 1. The molecule has 0 spiro atoms. The molecule has 0 bridgehead atoms. The smallest absolute Gasteiger partial charge is 0.274 e. The first-order valence-electron chi connectivity index (χ1n) is 7.73. The maximum Gasteiger partial charge on any atom is 0.274 e. The van der Waals surface area contributed by atoms with E-state index in [4.69, 9.17) is 11.6 Å². The number of para-hydroxylation sites is 1. The average molecular weight is 340 g/mol. The molecule has 1 heterocycles. The van der Waals surface area contributed by atoms with Gasteiger partial charge in [-0.25, -0.2) is 0 Å². The van der Waals surface area contributed by atoms with Gasteiger partial charge in [-0.1, -0.05) is 54.1 Å². The van der Waals surface area contributed by atoms with Crippen LogP contribution in [0.2, 0.25) is 5.02 Å². The minimum Gasteiger partial charge on any atom is -0.319 e. The minimum atomic E-state index is -0.230. The second-order valence-corrected chi connectivity index (χ2v) is 6.04. The Morgan fingerprint density at radius 2 is 1.79 bits per heavy atom. The highest BCUT2D eigenvalue weighted by Gasteiger charge is 2.19. The van der Waals surface area contributed by atoms with Crippen molar-refractivity contribution in [1.29, 1.82) is 0 Å². The number of benzene rings is 2. The molecule has 0 aliphatic carbocycles. The van der Waals surface area contributed by atoms with E-state index in [0.29, 0.717) is 16.4 Å². The number of aromatic nitrogens is 2. The maximum absolute atomic E-state index is 12.7. The van der Waals surface area contributed by atoms with Crippen LogP contribution in [0.3, 0.4) is 0 Å². The highest BCUT2D eigenvalue weighted by atomic mass is 35.5. The molecular formula is C19H18ClN3O. The molecule has 0 radical (unpaired) electrons. The van der Waals surface area contributed by atoms with Crippen molar-refractivity contribution in [3.8, 4) is 0 Å². The lowest BCUT2D eigenvalue weighted by Crippen LogP contribution is -2.20. The van der Waals surface area contributed by atoms with Gasteiger partial charge in [-0.3, -0.25) is 9.48 Å². The SMILES string of the molecule is Cc1cc(C(=O)Nc2ccccc2Cl)n(C(C)c2ccccc2)n1. The summed E-state index contributed by atoms with van der Waals surface area (Å²) in [5.74, 6) is -0.230. The van der Waals surface area contributed by atoms with Gasteiger partial charge in [0.25, 0.3) is 5.91 Å². The summed E-state index contributed by atoms with van der Waals surface area (Å²) in [6.45, 7) is 3.90. The van der Waals surface area contributed by atoms with E-state index in [0.717, 1.165) is 11.3 Å². The zero-order valence-corrected chi connectivity index (χ0v) is 14.3. The topological polar surface area (TPSA) is 46.9 Å². The molecule has 3 rings (SSSR count). The summed E-state index contributed by atoms with van der Waals surface area (Å²) in [6.07, 6.45) is 0. The molecule has 0 aliphatic rings. The quantitative estimate of drug-likeness (QED) is 0.748. The first-order valence-corrected chi connectivity index (χ1v) is 8.11. The number of hydrogen-bond donors (Lipinski definition) is 1. The molecule has 0 saturated heterocycles. The van der Waals surface area contributed by atoms with E-state index in [-0.39, 0.29) is 11.9 Å². The summed E-state index contributed by atoms with van der Waals surface area (Å²) in [5.41, 5.74) is 2.97. The molecular weight excluding hydrogens is 322 g/mol. The van der Waals surface area contributed by atoms with Crippen molar-refractivity contribution in [1.82, 2.24) is 9.78 Å². The normalized spacial score (nSPS) is 12.0. The molecule has 2 aromatic carbocycles. The fraction of sp³-hybridized carbons (Fsp3) is 0.158. The number of carbonyl (C=O) groups is 1. The molecule has 3 aromatic rings. The maximum atomic E-state index is 12.7. The van der Waals surface area contributed by atoms with Crippen LogP contribution in [0.15, 0.2) is 60.7 Å². The van der Waals surface area contributed by atoms with Gasteiger partial charge in [0.1, 0.15) is 5.69 Å². The van der Waals surface area contributed by atoms with Crippen LogP contribution >= 0.6 is 11.6 Å². The molecule has 4 nitrogen and oxygen atoms in total.